The van der Waals surface area contributed by atoms with Crippen LogP contribution in [0.4, 0.5) is 0 Å². The Morgan fingerprint density at radius 3 is 2.68 bits per heavy atom. The van der Waals surface area contributed by atoms with E-state index in [-0.39, 0.29) is 6.04 Å². The lowest BCUT2D eigenvalue weighted by Crippen LogP contribution is -2.20. The molecule has 0 bridgehead atoms. The first kappa shape index (κ1) is 14.2. The van der Waals surface area contributed by atoms with Crippen molar-refractivity contribution >= 4 is 15.9 Å². The number of rotatable bonds is 5. The summed E-state index contributed by atoms with van der Waals surface area (Å²) in [6, 6.07) is 4.36. The Bertz CT molecular complexity index is 536. The van der Waals surface area contributed by atoms with Crippen LogP contribution in [0.3, 0.4) is 0 Å². The van der Waals surface area contributed by atoms with Gasteiger partial charge in [0.05, 0.1) is 15.9 Å². The summed E-state index contributed by atoms with van der Waals surface area (Å²) < 4.78 is 3.13. The van der Waals surface area contributed by atoms with Crippen LogP contribution in [0.25, 0.3) is 0 Å². The Kier molecular flexibility index (Phi) is 4.71. The van der Waals surface area contributed by atoms with Gasteiger partial charge in [0.15, 0.2) is 0 Å². The van der Waals surface area contributed by atoms with Gasteiger partial charge in [-0.2, -0.15) is 5.10 Å². The zero-order valence-electron chi connectivity index (χ0n) is 11.5. The standard InChI is InChI=1S/C14H19BrN4/c1-4-19-13(14(15)11(3)18-19)9-17-10(2)12-5-7-16-8-6-12/h5-8,10,17H,4,9H2,1-3H3/t10-/m1/s1. The molecule has 0 radical (unpaired) electrons. The maximum atomic E-state index is 4.50. The normalized spacial score (nSPS) is 12.6. The Labute approximate surface area is 122 Å². The van der Waals surface area contributed by atoms with E-state index in [9.17, 15) is 0 Å². The van der Waals surface area contributed by atoms with E-state index >= 15 is 0 Å². The summed E-state index contributed by atoms with van der Waals surface area (Å²) in [6.07, 6.45) is 3.65. The first-order valence-electron chi connectivity index (χ1n) is 6.48. The van der Waals surface area contributed by atoms with Gasteiger partial charge in [-0.15, -0.1) is 0 Å². The van der Waals surface area contributed by atoms with Gasteiger partial charge in [0.2, 0.25) is 0 Å². The number of hydrogen-bond donors (Lipinski definition) is 1. The summed E-state index contributed by atoms with van der Waals surface area (Å²) in [5, 5.41) is 8.02. The van der Waals surface area contributed by atoms with Crippen molar-refractivity contribution in [3.05, 3.63) is 46.0 Å². The first-order chi connectivity index (χ1) is 9.13. The number of nitrogens with one attached hydrogen (secondary N) is 1. The fraction of sp³-hybridized carbons (Fsp3) is 0.429. The molecule has 0 saturated heterocycles. The van der Waals surface area contributed by atoms with E-state index in [1.54, 1.807) is 0 Å². The fourth-order valence-electron chi connectivity index (χ4n) is 2.06. The average molecular weight is 323 g/mol. The van der Waals surface area contributed by atoms with Crippen molar-refractivity contribution in [1.82, 2.24) is 20.1 Å². The van der Waals surface area contributed by atoms with E-state index in [1.165, 1.54) is 11.3 Å². The highest BCUT2D eigenvalue weighted by atomic mass is 79.9. The van der Waals surface area contributed by atoms with Crippen molar-refractivity contribution in [2.75, 3.05) is 0 Å². The molecule has 0 aliphatic heterocycles. The van der Waals surface area contributed by atoms with Crippen LogP contribution in [0.5, 0.6) is 0 Å². The third kappa shape index (κ3) is 3.22. The molecule has 0 aliphatic rings. The van der Waals surface area contributed by atoms with Gasteiger partial charge in [-0.1, -0.05) is 0 Å². The number of pyridine rings is 1. The molecule has 2 aromatic rings. The van der Waals surface area contributed by atoms with Crippen LogP contribution in [-0.2, 0) is 13.1 Å². The molecule has 4 nitrogen and oxygen atoms in total. The molecular formula is C14H19BrN4. The lowest BCUT2D eigenvalue weighted by Gasteiger charge is -2.14. The third-order valence-electron chi connectivity index (χ3n) is 3.23. The topological polar surface area (TPSA) is 42.7 Å². The van der Waals surface area contributed by atoms with Crippen LogP contribution >= 0.6 is 15.9 Å². The van der Waals surface area contributed by atoms with Gasteiger partial charge in [0.1, 0.15) is 0 Å². The predicted molar refractivity (Wildman–Crippen MR) is 79.8 cm³/mol. The van der Waals surface area contributed by atoms with Crippen molar-refractivity contribution in [1.29, 1.82) is 0 Å². The van der Waals surface area contributed by atoms with Gasteiger partial charge in [-0.05, 0) is 54.4 Å². The zero-order valence-corrected chi connectivity index (χ0v) is 13.1. The largest absolute Gasteiger partial charge is 0.305 e. The van der Waals surface area contributed by atoms with E-state index in [0.717, 1.165) is 23.3 Å². The smallest absolute Gasteiger partial charge is 0.0739 e. The van der Waals surface area contributed by atoms with Crippen molar-refractivity contribution in [2.45, 2.75) is 39.9 Å². The predicted octanol–water partition coefficient (Wildman–Crippen LogP) is 3.22. The number of nitrogens with zero attached hydrogens (tertiary/aromatic N) is 3. The van der Waals surface area contributed by atoms with E-state index in [0.29, 0.717) is 0 Å². The molecule has 2 heterocycles. The summed E-state index contributed by atoms with van der Waals surface area (Å²) in [7, 11) is 0. The van der Waals surface area contributed by atoms with Crippen LogP contribution in [-0.4, -0.2) is 14.8 Å². The highest BCUT2D eigenvalue weighted by Crippen LogP contribution is 2.22. The Morgan fingerprint density at radius 1 is 1.37 bits per heavy atom. The second-order valence-corrected chi connectivity index (χ2v) is 5.34. The molecule has 2 aromatic heterocycles. The summed E-state index contributed by atoms with van der Waals surface area (Å²) in [6.45, 7) is 7.95. The maximum Gasteiger partial charge on any atom is 0.0739 e. The molecule has 0 spiro atoms. The molecule has 0 aromatic carbocycles. The van der Waals surface area contributed by atoms with Crippen molar-refractivity contribution in [3.63, 3.8) is 0 Å². The molecule has 0 fully saturated rings. The average Bonchev–Trinajstić information content (AvgIpc) is 2.72. The quantitative estimate of drug-likeness (QED) is 0.919. The summed E-state index contributed by atoms with van der Waals surface area (Å²) in [4.78, 5) is 4.04. The molecule has 2 rings (SSSR count). The minimum absolute atomic E-state index is 0.287. The Balaban J connectivity index is 2.07. The van der Waals surface area contributed by atoms with Gasteiger partial charge in [0.25, 0.3) is 0 Å². The van der Waals surface area contributed by atoms with Gasteiger partial charge in [0, 0.05) is 31.5 Å². The van der Waals surface area contributed by atoms with Crippen LogP contribution in [0.2, 0.25) is 0 Å². The van der Waals surface area contributed by atoms with Crippen LogP contribution in [0, 0.1) is 6.92 Å². The fourth-order valence-corrected chi connectivity index (χ4v) is 2.48. The highest BCUT2D eigenvalue weighted by Gasteiger charge is 2.13. The van der Waals surface area contributed by atoms with Crippen molar-refractivity contribution in [2.24, 2.45) is 0 Å². The first-order valence-corrected chi connectivity index (χ1v) is 7.27. The van der Waals surface area contributed by atoms with E-state index in [2.05, 4.69) is 45.2 Å². The minimum Gasteiger partial charge on any atom is -0.305 e. The number of hydrogen-bond acceptors (Lipinski definition) is 3. The van der Waals surface area contributed by atoms with Gasteiger partial charge in [-0.25, -0.2) is 0 Å². The molecule has 1 atom stereocenters. The van der Waals surface area contributed by atoms with Crippen LogP contribution in [0.15, 0.2) is 29.0 Å². The van der Waals surface area contributed by atoms with E-state index in [4.69, 9.17) is 0 Å². The lowest BCUT2D eigenvalue weighted by atomic mass is 10.1. The molecular weight excluding hydrogens is 304 g/mol. The van der Waals surface area contributed by atoms with Crippen LogP contribution in [0.1, 0.15) is 36.8 Å². The van der Waals surface area contributed by atoms with Crippen molar-refractivity contribution < 1.29 is 0 Å². The highest BCUT2D eigenvalue weighted by molar-refractivity contribution is 9.10. The van der Waals surface area contributed by atoms with E-state index in [1.807, 2.05) is 36.1 Å². The van der Waals surface area contributed by atoms with Crippen molar-refractivity contribution in [3.8, 4) is 0 Å². The minimum atomic E-state index is 0.287. The second kappa shape index (κ2) is 6.30. The SMILES string of the molecule is CCn1nc(C)c(Br)c1CN[C@H](C)c1ccncc1. The number of aromatic nitrogens is 3. The monoisotopic (exact) mass is 322 g/mol. The molecule has 0 amide bonds. The molecule has 1 N–H and O–H groups in total. The molecule has 0 unspecified atom stereocenters. The van der Waals surface area contributed by atoms with E-state index < -0.39 is 0 Å². The molecule has 19 heavy (non-hydrogen) atoms. The lowest BCUT2D eigenvalue weighted by molar-refractivity contribution is 0.529. The number of halogens is 1. The summed E-state index contributed by atoms with van der Waals surface area (Å²) >= 11 is 3.61. The third-order valence-corrected chi connectivity index (χ3v) is 4.27. The Hall–Kier alpha value is -1.20. The van der Waals surface area contributed by atoms with Gasteiger partial charge < -0.3 is 5.32 Å². The Morgan fingerprint density at radius 2 is 2.05 bits per heavy atom. The van der Waals surface area contributed by atoms with Crippen LogP contribution < -0.4 is 5.32 Å². The molecule has 102 valence electrons. The molecule has 5 heteroatoms. The van der Waals surface area contributed by atoms with Gasteiger partial charge in [-0.3, -0.25) is 9.67 Å². The van der Waals surface area contributed by atoms with Gasteiger partial charge >= 0.3 is 0 Å². The molecule has 0 aliphatic carbocycles. The summed E-state index contributed by atoms with van der Waals surface area (Å²) in [5.74, 6) is 0. The molecule has 0 saturated carbocycles. The maximum absolute atomic E-state index is 4.50. The summed E-state index contributed by atoms with van der Waals surface area (Å²) in [5.41, 5.74) is 3.47. The zero-order chi connectivity index (χ0) is 13.8. The number of aryl methyl sites for hydroxylation is 2. The second-order valence-electron chi connectivity index (χ2n) is 4.54.